The van der Waals surface area contributed by atoms with Crippen LogP contribution < -0.4 is 14.8 Å². The highest BCUT2D eigenvalue weighted by Crippen LogP contribution is 2.19. The standard InChI is InChI=1S/C24H26N2O9/c1-5-14-32-21(27)20(25-22(28)35-24(2,3)4)15-16-6-10-18(11-7-16)33-23(29)34-19-12-8-17(9-13-19)26(30)31/h5-13,20H,1,14-15H2,2-4H3,(H,25,28). The van der Waals surface area contributed by atoms with Crippen molar-refractivity contribution in [2.45, 2.75) is 38.8 Å². The van der Waals surface area contributed by atoms with Crippen LogP contribution >= 0.6 is 0 Å². The molecule has 11 heteroatoms. The lowest BCUT2D eigenvalue weighted by atomic mass is 10.1. The number of carbonyl (C=O) groups excluding carboxylic acids is 3. The van der Waals surface area contributed by atoms with Gasteiger partial charge in [0.05, 0.1) is 4.92 Å². The maximum absolute atomic E-state index is 12.4. The lowest BCUT2D eigenvalue weighted by molar-refractivity contribution is -0.384. The zero-order chi connectivity index (χ0) is 26.0. The zero-order valence-electron chi connectivity index (χ0n) is 19.5. The Hall–Kier alpha value is -4.41. The summed E-state index contributed by atoms with van der Waals surface area (Å²) in [6, 6.07) is 10.1. The Morgan fingerprint density at radius 3 is 2.06 bits per heavy atom. The maximum Gasteiger partial charge on any atom is 0.519 e. The van der Waals surface area contributed by atoms with E-state index in [0.717, 1.165) is 0 Å². The molecule has 0 saturated heterocycles. The van der Waals surface area contributed by atoms with Crippen LogP contribution in [0.1, 0.15) is 26.3 Å². The number of carbonyl (C=O) groups is 3. The monoisotopic (exact) mass is 486 g/mol. The van der Waals surface area contributed by atoms with Crippen LogP contribution in [0, 0.1) is 10.1 Å². The summed E-state index contributed by atoms with van der Waals surface area (Å²) in [7, 11) is 0. The molecule has 0 radical (unpaired) electrons. The van der Waals surface area contributed by atoms with E-state index in [1.54, 1.807) is 32.9 Å². The molecule has 2 aromatic rings. The molecule has 1 amide bonds. The number of nitro benzene ring substituents is 1. The molecule has 0 aliphatic rings. The molecule has 11 nitrogen and oxygen atoms in total. The SMILES string of the molecule is C=CCOC(=O)C(Cc1ccc(OC(=O)Oc2ccc([N+](=O)[O-])cc2)cc1)NC(=O)OC(C)(C)C. The molecular formula is C24H26N2O9. The number of hydrogen-bond donors (Lipinski definition) is 1. The van der Waals surface area contributed by atoms with Gasteiger partial charge in [0, 0.05) is 18.6 Å². The van der Waals surface area contributed by atoms with Gasteiger partial charge >= 0.3 is 18.2 Å². The van der Waals surface area contributed by atoms with Crippen molar-refractivity contribution in [3.8, 4) is 11.5 Å². The van der Waals surface area contributed by atoms with Crippen LogP contribution in [-0.4, -0.2) is 41.4 Å². The summed E-state index contributed by atoms with van der Waals surface area (Å²) in [6.07, 6.45) is -0.316. The van der Waals surface area contributed by atoms with Crippen molar-refractivity contribution in [2.75, 3.05) is 6.61 Å². The topological polar surface area (TPSA) is 143 Å². The second-order valence-corrected chi connectivity index (χ2v) is 8.17. The minimum atomic E-state index is -1.04. The van der Waals surface area contributed by atoms with E-state index in [2.05, 4.69) is 11.9 Å². The molecule has 2 aromatic carbocycles. The number of nitro groups is 1. The molecule has 1 N–H and O–H groups in total. The number of rotatable bonds is 9. The van der Waals surface area contributed by atoms with Gasteiger partial charge in [-0.15, -0.1) is 0 Å². The fourth-order valence-corrected chi connectivity index (χ4v) is 2.66. The van der Waals surface area contributed by atoms with E-state index in [1.807, 2.05) is 0 Å². The molecule has 0 aliphatic carbocycles. The quantitative estimate of drug-likeness (QED) is 0.180. The van der Waals surface area contributed by atoms with Gasteiger partial charge in [-0.2, -0.15) is 0 Å². The predicted molar refractivity (Wildman–Crippen MR) is 124 cm³/mol. The number of amides is 1. The average Bonchev–Trinajstić information content (AvgIpc) is 2.77. The molecule has 0 spiro atoms. The number of esters is 1. The van der Waals surface area contributed by atoms with Gasteiger partial charge in [-0.1, -0.05) is 24.8 Å². The number of hydrogen-bond acceptors (Lipinski definition) is 9. The molecule has 186 valence electrons. The molecule has 2 rings (SSSR count). The van der Waals surface area contributed by atoms with Crippen molar-refractivity contribution >= 4 is 23.9 Å². The lowest BCUT2D eigenvalue weighted by Crippen LogP contribution is -2.45. The van der Waals surface area contributed by atoms with Crippen LogP contribution in [0.4, 0.5) is 15.3 Å². The van der Waals surface area contributed by atoms with Crippen LogP contribution in [0.3, 0.4) is 0 Å². The van der Waals surface area contributed by atoms with Crippen LogP contribution in [0.5, 0.6) is 11.5 Å². The Labute approximate surface area is 201 Å². The number of nitrogens with one attached hydrogen (secondary N) is 1. The molecule has 1 atom stereocenters. The van der Waals surface area contributed by atoms with Crippen molar-refractivity contribution in [1.29, 1.82) is 0 Å². The maximum atomic E-state index is 12.4. The van der Waals surface area contributed by atoms with Crippen molar-refractivity contribution < 1.29 is 38.3 Å². The molecule has 0 aromatic heterocycles. The highest BCUT2D eigenvalue weighted by Gasteiger charge is 2.26. The van der Waals surface area contributed by atoms with Crippen LogP contribution in [0.15, 0.2) is 61.2 Å². The molecule has 0 aliphatic heterocycles. The number of nitrogens with zero attached hydrogens (tertiary/aromatic N) is 1. The van der Waals surface area contributed by atoms with Crippen molar-refractivity contribution in [3.63, 3.8) is 0 Å². The highest BCUT2D eigenvalue weighted by atomic mass is 16.7. The third kappa shape index (κ3) is 9.54. The first-order chi connectivity index (χ1) is 16.5. The average molecular weight is 486 g/mol. The molecule has 0 heterocycles. The first-order valence-corrected chi connectivity index (χ1v) is 10.5. The molecule has 1 unspecified atom stereocenters. The Morgan fingerprint density at radius 1 is 1.03 bits per heavy atom. The summed E-state index contributed by atoms with van der Waals surface area (Å²) < 4.78 is 20.3. The van der Waals surface area contributed by atoms with Crippen LogP contribution in [0.25, 0.3) is 0 Å². The number of benzene rings is 2. The second-order valence-electron chi connectivity index (χ2n) is 8.17. The van der Waals surface area contributed by atoms with Gasteiger partial charge < -0.3 is 24.3 Å². The largest absolute Gasteiger partial charge is 0.519 e. The van der Waals surface area contributed by atoms with Crippen molar-refractivity contribution in [1.82, 2.24) is 5.32 Å². The van der Waals surface area contributed by atoms with Gasteiger partial charge in [-0.25, -0.2) is 14.4 Å². The molecule has 35 heavy (non-hydrogen) atoms. The van der Waals surface area contributed by atoms with Crippen LogP contribution in [0.2, 0.25) is 0 Å². The van der Waals surface area contributed by atoms with Gasteiger partial charge in [-0.3, -0.25) is 10.1 Å². The van der Waals surface area contributed by atoms with Gasteiger partial charge in [0.1, 0.15) is 29.7 Å². The Bertz CT molecular complexity index is 1060. The van der Waals surface area contributed by atoms with E-state index < -0.39 is 34.8 Å². The zero-order valence-corrected chi connectivity index (χ0v) is 19.5. The summed E-state index contributed by atoms with van der Waals surface area (Å²) in [5.41, 5.74) is -0.256. The van der Waals surface area contributed by atoms with Gasteiger partial charge in [0.15, 0.2) is 0 Å². The third-order valence-corrected chi connectivity index (χ3v) is 4.13. The summed E-state index contributed by atoms with van der Waals surface area (Å²) in [4.78, 5) is 46.6. The number of ether oxygens (including phenoxy) is 4. The number of non-ortho nitro benzene ring substituents is 1. The molecule has 0 saturated carbocycles. The summed E-state index contributed by atoms with van der Waals surface area (Å²) >= 11 is 0. The van der Waals surface area contributed by atoms with E-state index in [9.17, 15) is 24.5 Å². The summed E-state index contributed by atoms with van der Waals surface area (Å²) in [5.74, 6) is -0.430. The van der Waals surface area contributed by atoms with Gasteiger partial charge in [0.25, 0.3) is 5.69 Å². The predicted octanol–water partition coefficient (Wildman–Crippen LogP) is 4.34. The Balaban J connectivity index is 2.00. The van der Waals surface area contributed by atoms with Gasteiger partial charge in [-0.05, 0) is 50.6 Å². The Morgan fingerprint density at radius 2 is 1.57 bits per heavy atom. The second kappa shape index (κ2) is 12.2. The third-order valence-electron chi connectivity index (χ3n) is 4.13. The fourth-order valence-electron chi connectivity index (χ4n) is 2.66. The van der Waals surface area contributed by atoms with Crippen molar-refractivity contribution in [3.05, 3.63) is 76.9 Å². The van der Waals surface area contributed by atoms with E-state index in [4.69, 9.17) is 18.9 Å². The van der Waals surface area contributed by atoms with Crippen molar-refractivity contribution in [2.24, 2.45) is 0 Å². The normalized spacial score (nSPS) is 11.5. The summed E-state index contributed by atoms with van der Waals surface area (Å²) in [6.45, 7) is 8.56. The first kappa shape index (κ1) is 26.8. The van der Waals surface area contributed by atoms with E-state index in [1.165, 1.54) is 42.5 Å². The smallest absolute Gasteiger partial charge is 0.460 e. The molecular weight excluding hydrogens is 460 g/mol. The first-order valence-electron chi connectivity index (χ1n) is 10.5. The highest BCUT2D eigenvalue weighted by molar-refractivity contribution is 5.82. The van der Waals surface area contributed by atoms with Crippen LogP contribution in [-0.2, 0) is 20.7 Å². The fraction of sp³-hybridized carbons (Fsp3) is 0.292. The Kier molecular flexibility index (Phi) is 9.33. The van der Waals surface area contributed by atoms with Gasteiger partial charge in [0.2, 0.25) is 0 Å². The summed E-state index contributed by atoms with van der Waals surface area (Å²) in [5, 5.41) is 13.2. The van der Waals surface area contributed by atoms with E-state index in [0.29, 0.717) is 5.56 Å². The molecule has 0 fully saturated rings. The van der Waals surface area contributed by atoms with E-state index >= 15 is 0 Å². The number of alkyl carbamates (subject to hydrolysis) is 1. The minimum Gasteiger partial charge on any atom is -0.460 e. The lowest BCUT2D eigenvalue weighted by Gasteiger charge is -2.23. The van der Waals surface area contributed by atoms with E-state index in [-0.39, 0.29) is 30.2 Å². The minimum absolute atomic E-state index is 0.0189. The molecule has 0 bridgehead atoms.